The number of aromatic carboxylic acids is 1. The minimum absolute atomic E-state index is 0.0556. The number of carboxylic acid groups (broad SMARTS) is 1. The molecule has 2 aromatic heterocycles. The summed E-state index contributed by atoms with van der Waals surface area (Å²) >= 11 is 11.8. The number of aromatic nitrogens is 2. The molecule has 0 atom stereocenters. The first kappa shape index (κ1) is 40.9. The molecule has 11 nitrogen and oxygen atoms in total. The first-order valence-electron chi connectivity index (χ1n) is 17.1. The second-order valence-electron chi connectivity index (χ2n) is 13.2. The predicted octanol–water partition coefficient (Wildman–Crippen LogP) is 6.28. The maximum absolute atomic E-state index is 13.0. The van der Waals surface area contributed by atoms with E-state index >= 15 is 0 Å². The second-order valence-corrected chi connectivity index (χ2v) is 13.9. The molecule has 0 aliphatic heterocycles. The van der Waals surface area contributed by atoms with Crippen molar-refractivity contribution in [3.63, 3.8) is 0 Å². The van der Waals surface area contributed by atoms with Crippen molar-refractivity contribution in [2.24, 2.45) is 5.73 Å². The maximum Gasteiger partial charge on any atom is 0.339 e. The Bertz CT molecular complexity index is 1940. The van der Waals surface area contributed by atoms with E-state index in [2.05, 4.69) is 15.3 Å². The van der Waals surface area contributed by atoms with Gasteiger partial charge in [0.2, 0.25) is 0 Å². The molecule has 0 saturated heterocycles. The van der Waals surface area contributed by atoms with Crippen molar-refractivity contribution in [3.05, 3.63) is 127 Å². The van der Waals surface area contributed by atoms with E-state index in [-0.39, 0.29) is 34.0 Å². The number of nitrogens with one attached hydrogen (secondary N) is 1. The van der Waals surface area contributed by atoms with Gasteiger partial charge in [-0.25, -0.2) is 19.6 Å². The number of ether oxygens (including phenoxy) is 2. The molecule has 0 spiro atoms. The van der Waals surface area contributed by atoms with Gasteiger partial charge >= 0.3 is 17.9 Å². The molecule has 4 N–H and O–H groups in total. The Morgan fingerprint density at radius 1 is 0.717 bits per heavy atom. The van der Waals surface area contributed by atoms with Gasteiger partial charge < -0.3 is 25.6 Å². The lowest BCUT2D eigenvalue weighted by molar-refractivity contribution is -0.150. The van der Waals surface area contributed by atoms with Crippen LogP contribution in [0.2, 0.25) is 10.3 Å². The number of nitrogens with zero attached hydrogens (tertiary/aromatic N) is 2. The minimum Gasteiger partial charge on any atom is -0.478 e. The van der Waals surface area contributed by atoms with Gasteiger partial charge in [0.25, 0.3) is 5.91 Å². The first-order chi connectivity index (χ1) is 25.0. The molecule has 13 heteroatoms. The number of halogens is 2. The fourth-order valence-electron chi connectivity index (χ4n) is 6.62. The van der Waals surface area contributed by atoms with E-state index in [1.165, 1.54) is 0 Å². The third-order valence-corrected chi connectivity index (χ3v) is 9.52. The number of fused-ring (bicyclic) bond motifs is 2. The first-order valence-corrected chi connectivity index (χ1v) is 17.9. The zero-order chi connectivity index (χ0) is 39.1. The Morgan fingerprint density at radius 3 is 1.51 bits per heavy atom. The van der Waals surface area contributed by atoms with Crippen LogP contribution in [0.1, 0.15) is 79.3 Å². The summed E-state index contributed by atoms with van der Waals surface area (Å²) in [7, 11) is 0. The molecule has 4 aromatic rings. The van der Waals surface area contributed by atoms with Gasteiger partial charge in [-0.05, 0) is 87.1 Å². The highest BCUT2D eigenvalue weighted by molar-refractivity contribution is 6.33. The maximum atomic E-state index is 13.0. The normalized spacial score (nSPS) is 14.3. The van der Waals surface area contributed by atoms with Gasteiger partial charge in [0.05, 0.1) is 24.3 Å². The number of esters is 2. The van der Waals surface area contributed by atoms with Crippen LogP contribution in [0.3, 0.4) is 0 Å². The van der Waals surface area contributed by atoms with Crippen LogP contribution in [-0.2, 0) is 44.7 Å². The zero-order valence-electron chi connectivity index (χ0n) is 30.6. The monoisotopic (exact) mass is 762 g/mol. The van der Waals surface area contributed by atoms with Gasteiger partial charge in [-0.1, -0.05) is 71.7 Å². The van der Waals surface area contributed by atoms with Gasteiger partial charge in [-0.2, -0.15) is 0 Å². The van der Waals surface area contributed by atoms with Crippen molar-refractivity contribution in [3.8, 4) is 0 Å². The van der Waals surface area contributed by atoms with Crippen molar-refractivity contribution in [1.82, 2.24) is 15.3 Å². The highest BCUT2D eigenvalue weighted by Gasteiger charge is 2.47. The third-order valence-electron chi connectivity index (χ3n) is 8.98. The highest BCUT2D eigenvalue weighted by Crippen LogP contribution is 2.33. The van der Waals surface area contributed by atoms with Crippen molar-refractivity contribution in [1.29, 1.82) is 0 Å². The Balaban J connectivity index is 0.000000196. The van der Waals surface area contributed by atoms with Crippen molar-refractivity contribution < 1.29 is 33.8 Å². The molecule has 2 aliphatic carbocycles. The summed E-state index contributed by atoms with van der Waals surface area (Å²) in [5.41, 5.74) is 11.7. The standard InChI is InChI=1S/C20H21ClN2O3.C12H15NO2.C8H8ClNO2/c1-4-26-19(25)20(10-14-7-5-6-8-15(14)11-20)23-18(24)16-12(2)9-13(3)22-17(16)21;1-2-15-11(14)12(13)7-9-5-3-4-6-10(9)8-12;1-4-3-5(2)10-7(9)6(4)8(11)12/h5-9H,4,10-11H2,1-3H3,(H,23,24);3-6H,2,7-8,13H2,1H3;3H,1-2H3,(H,11,12). The number of hydrogen-bond acceptors (Lipinski definition) is 9. The topological polar surface area (TPSA) is 171 Å². The summed E-state index contributed by atoms with van der Waals surface area (Å²) in [6, 6.07) is 19.2. The number of nitrogens with two attached hydrogens (primary N) is 1. The van der Waals surface area contributed by atoms with Gasteiger partial charge in [0.1, 0.15) is 21.4 Å². The molecule has 0 bridgehead atoms. The van der Waals surface area contributed by atoms with E-state index in [0.29, 0.717) is 37.9 Å². The van der Waals surface area contributed by atoms with E-state index in [9.17, 15) is 19.2 Å². The van der Waals surface area contributed by atoms with E-state index in [1.54, 1.807) is 46.8 Å². The van der Waals surface area contributed by atoms with Crippen LogP contribution < -0.4 is 11.1 Å². The van der Waals surface area contributed by atoms with Crippen molar-refractivity contribution in [2.45, 2.75) is 78.3 Å². The Kier molecular flexibility index (Phi) is 13.4. The number of pyridine rings is 2. The summed E-state index contributed by atoms with van der Waals surface area (Å²) in [4.78, 5) is 56.0. The van der Waals surface area contributed by atoms with Crippen molar-refractivity contribution in [2.75, 3.05) is 13.2 Å². The zero-order valence-corrected chi connectivity index (χ0v) is 32.2. The molecule has 0 unspecified atom stereocenters. The van der Waals surface area contributed by atoms with Gasteiger partial charge in [-0.15, -0.1) is 0 Å². The van der Waals surface area contributed by atoms with E-state index in [4.69, 9.17) is 43.5 Å². The predicted molar refractivity (Wildman–Crippen MR) is 202 cm³/mol. The smallest absolute Gasteiger partial charge is 0.339 e. The van der Waals surface area contributed by atoms with Crippen molar-refractivity contribution >= 4 is 47.0 Å². The van der Waals surface area contributed by atoms with E-state index in [0.717, 1.165) is 39.2 Å². The number of amides is 1. The van der Waals surface area contributed by atoms with Crippen LogP contribution in [0.15, 0.2) is 60.7 Å². The number of hydrogen-bond donors (Lipinski definition) is 3. The number of carboxylic acids is 1. The largest absolute Gasteiger partial charge is 0.478 e. The summed E-state index contributed by atoms with van der Waals surface area (Å²) in [6.45, 7) is 11.3. The average Bonchev–Trinajstić information content (AvgIpc) is 3.63. The summed E-state index contributed by atoms with van der Waals surface area (Å²) in [5.74, 6) is -2.18. The van der Waals surface area contributed by atoms with Crippen LogP contribution in [0.5, 0.6) is 0 Å². The fraction of sp³-hybridized carbons (Fsp3) is 0.350. The summed E-state index contributed by atoms with van der Waals surface area (Å²) in [5, 5.41) is 11.8. The van der Waals surface area contributed by atoms with Crippen LogP contribution in [0.25, 0.3) is 0 Å². The van der Waals surface area contributed by atoms with Crippen LogP contribution in [0.4, 0.5) is 0 Å². The lowest BCUT2D eigenvalue weighted by Crippen LogP contribution is -2.56. The Morgan fingerprint density at radius 2 is 1.11 bits per heavy atom. The quantitative estimate of drug-likeness (QED) is 0.144. The molecule has 0 saturated carbocycles. The average molecular weight is 764 g/mol. The molecule has 0 fully saturated rings. The molecule has 2 aromatic carbocycles. The fourth-order valence-corrected chi connectivity index (χ4v) is 7.36. The molecule has 2 aliphatic rings. The molecule has 53 heavy (non-hydrogen) atoms. The lowest BCUT2D eigenvalue weighted by Gasteiger charge is -2.28. The Labute approximate surface area is 319 Å². The molecule has 2 heterocycles. The lowest BCUT2D eigenvalue weighted by atomic mass is 9.94. The van der Waals surface area contributed by atoms with E-state index < -0.39 is 28.9 Å². The SMILES string of the molecule is CCOC(=O)C1(N)Cc2ccccc2C1.CCOC(=O)C1(NC(=O)c2c(C)cc(C)nc2Cl)Cc2ccccc2C1.Cc1cc(C)c(C(=O)O)c(Cl)n1. The molecule has 0 radical (unpaired) electrons. The van der Waals surface area contributed by atoms with Gasteiger partial charge in [0, 0.05) is 37.1 Å². The number of carbonyl (C=O) groups is 4. The number of aryl methyl sites for hydroxylation is 4. The Hall–Kier alpha value is -4.84. The summed E-state index contributed by atoms with van der Waals surface area (Å²) < 4.78 is 10.3. The molecule has 280 valence electrons. The number of carbonyl (C=O) groups excluding carboxylic acids is 3. The molecular weight excluding hydrogens is 719 g/mol. The van der Waals surface area contributed by atoms with Crippen LogP contribution >= 0.6 is 23.2 Å². The molecule has 1 amide bonds. The number of benzene rings is 2. The third kappa shape index (κ3) is 9.59. The summed E-state index contributed by atoms with van der Waals surface area (Å²) in [6.07, 6.45) is 1.96. The van der Waals surface area contributed by atoms with Gasteiger partial charge in [-0.3, -0.25) is 9.59 Å². The number of rotatable bonds is 7. The second kappa shape index (κ2) is 17.3. The molecule has 6 rings (SSSR count). The highest BCUT2D eigenvalue weighted by atomic mass is 35.5. The van der Waals surface area contributed by atoms with E-state index in [1.807, 2.05) is 55.5 Å². The molecular formula is C40H44Cl2N4O7. The van der Waals surface area contributed by atoms with Gasteiger partial charge in [0.15, 0.2) is 0 Å². The minimum atomic E-state index is -1.13. The van der Waals surface area contributed by atoms with Crippen LogP contribution in [0, 0.1) is 27.7 Å². The van der Waals surface area contributed by atoms with Crippen LogP contribution in [-0.4, -0.2) is 63.2 Å².